The molecule has 7 heteroatoms. The van der Waals surface area contributed by atoms with E-state index in [0.717, 1.165) is 0 Å². The first-order chi connectivity index (χ1) is 7.97. The molecule has 0 aromatic carbocycles. The highest BCUT2D eigenvalue weighted by atomic mass is 32.2. The number of rotatable bonds is 5. The van der Waals surface area contributed by atoms with Crippen molar-refractivity contribution in [3.05, 3.63) is 22.2 Å². The first-order valence-electron chi connectivity index (χ1n) is 5.27. The minimum Gasteiger partial charge on any atom is -0.365 e. The topological polar surface area (TPSA) is 85.1 Å². The van der Waals surface area contributed by atoms with Crippen LogP contribution in [-0.4, -0.2) is 25.9 Å². The summed E-state index contributed by atoms with van der Waals surface area (Å²) in [5.41, 5.74) is -0.101. The van der Waals surface area contributed by atoms with E-state index in [2.05, 4.69) is 10.3 Å². The second-order valence-corrected chi connectivity index (χ2v) is 5.61. The molecule has 0 saturated carbocycles. The van der Waals surface area contributed by atoms with Crippen molar-refractivity contribution in [1.82, 2.24) is 4.98 Å². The smallest absolute Gasteiger partial charge is 0.311 e. The van der Waals surface area contributed by atoms with Gasteiger partial charge in [-0.3, -0.25) is 14.3 Å². The van der Waals surface area contributed by atoms with E-state index in [9.17, 15) is 14.3 Å². The van der Waals surface area contributed by atoms with Crippen molar-refractivity contribution in [2.75, 3.05) is 11.9 Å². The van der Waals surface area contributed by atoms with Gasteiger partial charge in [0, 0.05) is 17.9 Å². The summed E-state index contributed by atoms with van der Waals surface area (Å²) >= 11 is 0. The molecule has 1 heterocycles. The molecule has 0 aliphatic heterocycles. The van der Waals surface area contributed by atoms with Crippen molar-refractivity contribution in [2.24, 2.45) is 0 Å². The molecular weight excluding hydrogens is 242 g/mol. The molecular formula is C10H15N3O3S. The molecule has 0 fully saturated rings. The Bertz CT molecular complexity index is 448. The third-order valence-electron chi connectivity index (χ3n) is 2.02. The zero-order valence-corrected chi connectivity index (χ0v) is 10.8. The molecule has 17 heavy (non-hydrogen) atoms. The molecule has 1 atom stereocenters. The Morgan fingerprint density at radius 1 is 1.53 bits per heavy atom. The third kappa shape index (κ3) is 3.23. The van der Waals surface area contributed by atoms with E-state index in [1.807, 2.05) is 20.8 Å². The number of pyridine rings is 1. The standard InChI is InChI=1S/C10H15N3O3S/c1-4-11-10-8(13(14)15)5-6-9(12-10)17(16)7(2)3/h5-7H,4H2,1-3H3,(H,11,12). The van der Waals surface area contributed by atoms with Crippen LogP contribution in [0.2, 0.25) is 0 Å². The van der Waals surface area contributed by atoms with Gasteiger partial charge in [0.15, 0.2) is 0 Å². The Balaban J connectivity index is 3.18. The Labute approximate surface area is 102 Å². The monoisotopic (exact) mass is 257 g/mol. The first kappa shape index (κ1) is 13.6. The van der Waals surface area contributed by atoms with Gasteiger partial charge in [-0.05, 0) is 13.0 Å². The van der Waals surface area contributed by atoms with Crippen molar-refractivity contribution in [3.8, 4) is 0 Å². The van der Waals surface area contributed by atoms with Gasteiger partial charge in [0.05, 0.1) is 15.7 Å². The van der Waals surface area contributed by atoms with Gasteiger partial charge in [-0.25, -0.2) is 4.98 Å². The van der Waals surface area contributed by atoms with Crippen LogP contribution in [0.1, 0.15) is 20.8 Å². The van der Waals surface area contributed by atoms with Crippen LogP contribution >= 0.6 is 0 Å². The zero-order chi connectivity index (χ0) is 13.0. The maximum absolute atomic E-state index is 11.8. The number of hydrogen-bond donors (Lipinski definition) is 1. The fraction of sp³-hybridized carbons (Fsp3) is 0.500. The molecule has 1 aromatic heterocycles. The van der Waals surface area contributed by atoms with E-state index in [1.54, 1.807) is 0 Å². The third-order valence-corrected chi connectivity index (χ3v) is 3.52. The summed E-state index contributed by atoms with van der Waals surface area (Å²) in [6.07, 6.45) is 0. The van der Waals surface area contributed by atoms with Crippen LogP contribution < -0.4 is 5.32 Å². The minimum absolute atomic E-state index is 0.0709. The van der Waals surface area contributed by atoms with Crippen LogP contribution in [-0.2, 0) is 10.8 Å². The molecule has 1 rings (SSSR count). The summed E-state index contributed by atoms with van der Waals surface area (Å²) in [7, 11) is -1.24. The van der Waals surface area contributed by atoms with Crippen LogP contribution in [0.4, 0.5) is 11.5 Å². The largest absolute Gasteiger partial charge is 0.365 e. The molecule has 1 aromatic rings. The quantitative estimate of drug-likeness (QED) is 0.643. The number of nitrogens with zero attached hydrogens (tertiary/aromatic N) is 2. The average molecular weight is 257 g/mol. The summed E-state index contributed by atoms with van der Waals surface area (Å²) < 4.78 is 11.8. The second kappa shape index (κ2) is 5.72. The minimum atomic E-state index is -1.24. The fourth-order valence-electron chi connectivity index (χ4n) is 1.23. The van der Waals surface area contributed by atoms with Crippen molar-refractivity contribution >= 4 is 22.3 Å². The van der Waals surface area contributed by atoms with E-state index in [-0.39, 0.29) is 16.8 Å². The Kier molecular flexibility index (Phi) is 4.56. The van der Waals surface area contributed by atoms with E-state index in [4.69, 9.17) is 0 Å². The lowest BCUT2D eigenvalue weighted by atomic mass is 10.4. The predicted octanol–water partition coefficient (Wildman–Crippen LogP) is 1.94. The number of nitro groups is 1. The maximum Gasteiger partial charge on any atom is 0.311 e. The summed E-state index contributed by atoms with van der Waals surface area (Å²) in [6, 6.07) is 2.77. The average Bonchev–Trinajstić information content (AvgIpc) is 2.27. The second-order valence-electron chi connectivity index (χ2n) is 3.65. The normalized spacial score (nSPS) is 12.5. The van der Waals surface area contributed by atoms with Crippen LogP contribution in [0, 0.1) is 10.1 Å². The predicted molar refractivity (Wildman–Crippen MR) is 66.6 cm³/mol. The molecule has 0 aliphatic rings. The lowest BCUT2D eigenvalue weighted by molar-refractivity contribution is -0.384. The highest BCUT2D eigenvalue weighted by Crippen LogP contribution is 2.23. The molecule has 0 radical (unpaired) electrons. The Hall–Kier alpha value is -1.50. The van der Waals surface area contributed by atoms with Gasteiger partial charge >= 0.3 is 5.69 Å². The summed E-state index contributed by atoms with van der Waals surface area (Å²) in [5.74, 6) is 0.170. The van der Waals surface area contributed by atoms with Gasteiger partial charge in [0.25, 0.3) is 0 Å². The molecule has 0 saturated heterocycles. The molecule has 94 valence electrons. The number of hydrogen-bond acceptors (Lipinski definition) is 5. The Morgan fingerprint density at radius 3 is 2.65 bits per heavy atom. The van der Waals surface area contributed by atoms with Gasteiger partial charge in [-0.15, -0.1) is 0 Å². The summed E-state index contributed by atoms with van der Waals surface area (Å²) in [6.45, 7) is 5.96. The van der Waals surface area contributed by atoms with Crippen LogP contribution in [0.25, 0.3) is 0 Å². The molecule has 0 bridgehead atoms. The van der Waals surface area contributed by atoms with Gasteiger partial charge in [-0.1, -0.05) is 13.8 Å². The number of nitrogens with one attached hydrogen (secondary N) is 1. The van der Waals surface area contributed by atoms with Crippen molar-refractivity contribution in [2.45, 2.75) is 31.0 Å². The highest BCUT2D eigenvalue weighted by Gasteiger charge is 2.18. The van der Waals surface area contributed by atoms with E-state index >= 15 is 0 Å². The summed E-state index contributed by atoms with van der Waals surface area (Å²) in [5, 5.41) is 13.9. The van der Waals surface area contributed by atoms with Crippen LogP contribution in [0.15, 0.2) is 17.2 Å². The van der Waals surface area contributed by atoms with Crippen molar-refractivity contribution in [1.29, 1.82) is 0 Å². The van der Waals surface area contributed by atoms with E-state index in [0.29, 0.717) is 11.6 Å². The number of aromatic nitrogens is 1. The molecule has 1 unspecified atom stereocenters. The van der Waals surface area contributed by atoms with Crippen LogP contribution in [0.3, 0.4) is 0 Å². The van der Waals surface area contributed by atoms with Gasteiger partial charge in [0.1, 0.15) is 5.03 Å². The highest BCUT2D eigenvalue weighted by molar-refractivity contribution is 7.85. The van der Waals surface area contributed by atoms with Gasteiger partial charge in [-0.2, -0.15) is 0 Å². The molecule has 1 N–H and O–H groups in total. The molecule has 0 amide bonds. The van der Waals surface area contributed by atoms with Crippen molar-refractivity contribution in [3.63, 3.8) is 0 Å². The molecule has 0 spiro atoms. The first-order valence-corrected chi connectivity index (χ1v) is 6.48. The van der Waals surface area contributed by atoms with Crippen molar-refractivity contribution < 1.29 is 9.13 Å². The lowest BCUT2D eigenvalue weighted by Crippen LogP contribution is -2.10. The SMILES string of the molecule is CCNc1nc(S(=O)C(C)C)ccc1[N+](=O)[O-]. The van der Waals surface area contributed by atoms with Crippen LogP contribution in [0.5, 0.6) is 0 Å². The van der Waals surface area contributed by atoms with E-state index in [1.165, 1.54) is 12.1 Å². The van der Waals surface area contributed by atoms with Gasteiger partial charge < -0.3 is 5.32 Å². The zero-order valence-electron chi connectivity index (χ0n) is 9.97. The molecule has 0 aliphatic carbocycles. The maximum atomic E-state index is 11.8. The lowest BCUT2D eigenvalue weighted by Gasteiger charge is -2.08. The fourth-order valence-corrected chi connectivity index (χ4v) is 2.10. The van der Waals surface area contributed by atoms with E-state index < -0.39 is 15.7 Å². The number of anilines is 1. The van der Waals surface area contributed by atoms with Gasteiger partial charge in [0.2, 0.25) is 5.82 Å². The summed E-state index contributed by atoms with van der Waals surface area (Å²) in [4.78, 5) is 14.3. The Morgan fingerprint density at radius 2 is 2.18 bits per heavy atom. The molecule has 6 nitrogen and oxygen atoms in total.